The van der Waals surface area contributed by atoms with E-state index in [9.17, 15) is 14.9 Å². The summed E-state index contributed by atoms with van der Waals surface area (Å²) < 4.78 is 0. The summed E-state index contributed by atoms with van der Waals surface area (Å²) in [7, 11) is 0. The molecule has 0 fully saturated rings. The lowest BCUT2D eigenvalue weighted by Gasteiger charge is -2.22. The van der Waals surface area contributed by atoms with Gasteiger partial charge in [0.1, 0.15) is 17.4 Å². The number of hydrogen-bond donors (Lipinski definition) is 2. The molecule has 0 radical (unpaired) electrons. The Balaban J connectivity index is 3.12. The van der Waals surface area contributed by atoms with Crippen LogP contribution in [0.25, 0.3) is 0 Å². The topological polar surface area (TPSA) is 135 Å². The molecule has 18 heavy (non-hydrogen) atoms. The Hall–Kier alpha value is -2.69. The molecule has 0 unspecified atom stereocenters. The summed E-state index contributed by atoms with van der Waals surface area (Å²) >= 11 is 0. The van der Waals surface area contributed by atoms with E-state index in [2.05, 4.69) is 10.3 Å². The molecule has 0 aliphatic rings. The summed E-state index contributed by atoms with van der Waals surface area (Å²) in [6.45, 7) is 3.06. The van der Waals surface area contributed by atoms with Crippen LogP contribution in [0.5, 0.6) is 0 Å². The maximum atomic E-state index is 11.1. The predicted octanol–water partition coefficient (Wildman–Crippen LogP) is 0.537. The number of nitrogens with zero attached hydrogens (tertiary/aromatic N) is 3. The van der Waals surface area contributed by atoms with Crippen molar-refractivity contribution in [3.63, 3.8) is 0 Å². The van der Waals surface area contributed by atoms with Crippen LogP contribution in [0, 0.1) is 21.4 Å². The highest BCUT2D eigenvalue weighted by molar-refractivity contribution is 5.86. The summed E-state index contributed by atoms with van der Waals surface area (Å²) in [6.07, 6.45) is 0. The zero-order valence-corrected chi connectivity index (χ0v) is 9.80. The average Bonchev–Trinajstić information content (AvgIpc) is 2.27. The van der Waals surface area contributed by atoms with Gasteiger partial charge in [0, 0.05) is 6.07 Å². The Labute approximate surface area is 103 Å². The molecule has 8 heteroatoms. The molecule has 1 rings (SSSR count). The van der Waals surface area contributed by atoms with E-state index in [1.807, 2.05) is 0 Å². The van der Waals surface area contributed by atoms with Crippen molar-refractivity contribution in [2.45, 2.75) is 19.4 Å². The van der Waals surface area contributed by atoms with Gasteiger partial charge < -0.3 is 11.1 Å². The van der Waals surface area contributed by atoms with Crippen molar-refractivity contribution in [1.82, 2.24) is 4.98 Å². The molecule has 94 valence electrons. The first kappa shape index (κ1) is 13.4. The number of amides is 1. The van der Waals surface area contributed by atoms with E-state index in [4.69, 9.17) is 11.0 Å². The molecule has 0 saturated heterocycles. The molecule has 0 saturated carbocycles. The molecule has 3 N–H and O–H groups in total. The number of nitro groups is 1. The van der Waals surface area contributed by atoms with E-state index in [0.29, 0.717) is 0 Å². The van der Waals surface area contributed by atoms with Gasteiger partial charge in [0.25, 0.3) is 0 Å². The van der Waals surface area contributed by atoms with Crippen LogP contribution in [0.4, 0.5) is 11.5 Å². The van der Waals surface area contributed by atoms with Gasteiger partial charge in [-0.3, -0.25) is 14.9 Å². The highest BCUT2D eigenvalue weighted by Gasteiger charge is 2.26. The van der Waals surface area contributed by atoms with Crippen molar-refractivity contribution in [3.05, 3.63) is 27.9 Å². The average molecular weight is 249 g/mol. The number of rotatable bonds is 4. The zero-order valence-electron chi connectivity index (χ0n) is 9.80. The second kappa shape index (κ2) is 4.67. The van der Waals surface area contributed by atoms with Gasteiger partial charge in [-0.2, -0.15) is 5.26 Å². The maximum absolute atomic E-state index is 11.1. The Morgan fingerprint density at radius 2 is 2.22 bits per heavy atom. The fourth-order valence-electron chi connectivity index (χ4n) is 1.13. The van der Waals surface area contributed by atoms with E-state index in [-0.39, 0.29) is 17.2 Å². The van der Waals surface area contributed by atoms with Crippen LogP contribution in [0.1, 0.15) is 19.5 Å². The van der Waals surface area contributed by atoms with Gasteiger partial charge in [-0.1, -0.05) is 0 Å². The second-order valence-electron chi connectivity index (χ2n) is 4.05. The van der Waals surface area contributed by atoms with Crippen LogP contribution in [-0.2, 0) is 4.79 Å². The monoisotopic (exact) mass is 249 g/mol. The smallest absolute Gasteiger partial charge is 0.305 e. The van der Waals surface area contributed by atoms with Crippen molar-refractivity contribution in [2.75, 3.05) is 5.32 Å². The van der Waals surface area contributed by atoms with E-state index in [1.165, 1.54) is 19.9 Å². The van der Waals surface area contributed by atoms with E-state index in [1.54, 1.807) is 6.07 Å². The number of aromatic nitrogens is 1. The number of nitrogens with two attached hydrogens (primary N) is 1. The first-order chi connectivity index (χ1) is 8.27. The highest BCUT2D eigenvalue weighted by atomic mass is 16.6. The first-order valence-corrected chi connectivity index (χ1v) is 4.91. The van der Waals surface area contributed by atoms with Gasteiger partial charge in [-0.15, -0.1) is 0 Å². The Kier molecular flexibility index (Phi) is 3.47. The zero-order chi connectivity index (χ0) is 13.9. The number of nitriles is 1. The molecule has 0 aliphatic carbocycles. The van der Waals surface area contributed by atoms with Crippen LogP contribution in [0.2, 0.25) is 0 Å². The summed E-state index contributed by atoms with van der Waals surface area (Å²) in [5.41, 5.74) is 3.37. The van der Waals surface area contributed by atoms with Crippen molar-refractivity contribution in [1.29, 1.82) is 5.26 Å². The molecule has 8 nitrogen and oxygen atoms in total. The van der Waals surface area contributed by atoms with Crippen LogP contribution < -0.4 is 11.1 Å². The number of nitrogens with one attached hydrogen (secondary N) is 1. The van der Waals surface area contributed by atoms with Crippen LogP contribution in [0.15, 0.2) is 12.1 Å². The summed E-state index contributed by atoms with van der Waals surface area (Å²) in [4.78, 5) is 24.8. The van der Waals surface area contributed by atoms with Crippen LogP contribution >= 0.6 is 0 Å². The number of carbonyl (C=O) groups excluding carboxylic acids is 1. The summed E-state index contributed by atoms with van der Waals surface area (Å²) in [5.74, 6) is -0.442. The second-order valence-corrected chi connectivity index (χ2v) is 4.05. The molecule has 1 heterocycles. The Morgan fingerprint density at radius 3 is 2.67 bits per heavy atom. The molecule has 0 aliphatic heterocycles. The fourth-order valence-corrected chi connectivity index (χ4v) is 1.13. The minimum Gasteiger partial charge on any atom is -0.368 e. The van der Waals surface area contributed by atoms with Gasteiger partial charge >= 0.3 is 5.69 Å². The minimum absolute atomic E-state index is 0.168. The summed E-state index contributed by atoms with van der Waals surface area (Å²) in [6, 6.07) is 4.08. The fraction of sp³-hybridized carbons (Fsp3) is 0.300. The van der Waals surface area contributed by atoms with E-state index < -0.39 is 16.4 Å². The van der Waals surface area contributed by atoms with Crippen molar-refractivity contribution < 1.29 is 9.72 Å². The molecule has 0 atom stereocenters. The maximum Gasteiger partial charge on any atom is 0.305 e. The molecule has 0 aromatic carbocycles. The number of primary amides is 1. The normalized spacial score (nSPS) is 10.5. The van der Waals surface area contributed by atoms with Gasteiger partial charge in [-0.25, -0.2) is 4.98 Å². The molecule has 1 amide bonds. The number of anilines is 1. The third-order valence-corrected chi connectivity index (χ3v) is 2.23. The number of hydrogen-bond acceptors (Lipinski definition) is 6. The quantitative estimate of drug-likeness (QED) is 0.590. The van der Waals surface area contributed by atoms with Crippen molar-refractivity contribution >= 4 is 17.4 Å². The number of pyridine rings is 1. The number of carbonyl (C=O) groups is 1. The first-order valence-electron chi connectivity index (χ1n) is 4.91. The minimum atomic E-state index is -1.07. The van der Waals surface area contributed by atoms with Crippen LogP contribution in [-0.4, -0.2) is 21.4 Å². The third kappa shape index (κ3) is 2.70. The predicted molar refractivity (Wildman–Crippen MR) is 62.5 cm³/mol. The lowest BCUT2D eigenvalue weighted by molar-refractivity contribution is -0.385. The highest BCUT2D eigenvalue weighted by Crippen LogP contribution is 2.20. The van der Waals surface area contributed by atoms with Crippen molar-refractivity contribution in [3.8, 4) is 6.07 Å². The molecular formula is C10H11N5O3. The molecule has 0 spiro atoms. The standard InChI is InChI=1S/C10H11N5O3/c1-10(2,9(12)16)14-8-4-3-7(15(17)18)6(5-11)13-8/h3-4H,1-2H3,(H2,12,16)(H,13,14). The largest absolute Gasteiger partial charge is 0.368 e. The van der Waals surface area contributed by atoms with Gasteiger partial charge in [0.15, 0.2) is 0 Å². The Bertz CT molecular complexity index is 547. The lowest BCUT2D eigenvalue weighted by Crippen LogP contribution is -2.45. The molecule has 1 aromatic rings. The van der Waals surface area contributed by atoms with Gasteiger partial charge in [0.2, 0.25) is 11.6 Å². The van der Waals surface area contributed by atoms with Gasteiger partial charge in [0.05, 0.1) is 4.92 Å². The van der Waals surface area contributed by atoms with Crippen molar-refractivity contribution in [2.24, 2.45) is 5.73 Å². The molecule has 1 aromatic heterocycles. The third-order valence-electron chi connectivity index (χ3n) is 2.23. The molecular weight excluding hydrogens is 238 g/mol. The SMILES string of the molecule is CC(C)(Nc1ccc([N+](=O)[O-])c(C#N)n1)C(N)=O. The van der Waals surface area contributed by atoms with E-state index in [0.717, 1.165) is 6.07 Å². The molecule has 0 bridgehead atoms. The van der Waals surface area contributed by atoms with Gasteiger partial charge in [-0.05, 0) is 19.9 Å². The van der Waals surface area contributed by atoms with Crippen LogP contribution in [0.3, 0.4) is 0 Å². The summed E-state index contributed by atoms with van der Waals surface area (Å²) in [5, 5.41) is 22.1. The lowest BCUT2D eigenvalue weighted by atomic mass is 10.1. The van der Waals surface area contributed by atoms with E-state index >= 15 is 0 Å². The Morgan fingerprint density at radius 1 is 1.61 bits per heavy atom.